The van der Waals surface area contributed by atoms with E-state index in [1.165, 1.54) is 19.2 Å². The molecule has 0 atom stereocenters. The van der Waals surface area contributed by atoms with Gasteiger partial charge in [0.2, 0.25) is 15.9 Å². The molecule has 0 bridgehead atoms. The molecule has 1 aromatic carbocycles. The van der Waals surface area contributed by atoms with Crippen LogP contribution in [0.2, 0.25) is 0 Å². The molecule has 1 N–H and O–H groups in total. The van der Waals surface area contributed by atoms with E-state index in [1.807, 2.05) is 0 Å². The summed E-state index contributed by atoms with van der Waals surface area (Å²) in [6.45, 7) is 2.54. The first-order chi connectivity index (χ1) is 10.4. The summed E-state index contributed by atoms with van der Waals surface area (Å²) in [6, 6.07) is 6.35. The van der Waals surface area contributed by atoms with Gasteiger partial charge in [-0.25, -0.2) is 8.42 Å². The predicted molar refractivity (Wildman–Crippen MR) is 91.1 cm³/mol. The largest absolute Gasteiger partial charge is 0.355 e. The minimum atomic E-state index is -3.64. The van der Waals surface area contributed by atoms with Crippen molar-refractivity contribution in [2.75, 3.05) is 20.1 Å². The number of nitrogens with zero attached hydrogens (tertiary/aromatic N) is 1. The highest BCUT2D eigenvalue weighted by atomic mass is 79.9. The zero-order valence-electron chi connectivity index (χ0n) is 13.0. The molecule has 0 saturated carbocycles. The molecule has 22 heavy (non-hydrogen) atoms. The minimum absolute atomic E-state index is 0.174. The maximum Gasteiger partial charge on any atom is 0.243 e. The van der Waals surface area contributed by atoms with Gasteiger partial charge in [-0.3, -0.25) is 4.79 Å². The van der Waals surface area contributed by atoms with E-state index in [0.717, 1.165) is 34.5 Å². The molecule has 0 aromatic heterocycles. The first-order valence-electron chi connectivity index (χ1n) is 7.36. The summed E-state index contributed by atoms with van der Waals surface area (Å²) in [5.74, 6) is -0.278. The molecule has 0 fully saturated rings. The molecule has 0 aliphatic rings. The van der Waals surface area contributed by atoms with Crippen LogP contribution in [-0.4, -0.2) is 38.8 Å². The van der Waals surface area contributed by atoms with Gasteiger partial charge in [-0.15, -0.1) is 0 Å². The molecular formula is C15H23BrN2O3S. The molecule has 5 nitrogen and oxygen atoms in total. The summed E-state index contributed by atoms with van der Waals surface area (Å²) in [7, 11) is -2.23. The van der Waals surface area contributed by atoms with Crippen molar-refractivity contribution in [1.29, 1.82) is 0 Å². The van der Waals surface area contributed by atoms with Crippen molar-refractivity contribution < 1.29 is 13.2 Å². The molecule has 1 rings (SSSR count). The Morgan fingerprint density at radius 1 is 1.18 bits per heavy atom. The third-order valence-electron chi connectivity index (χ3n) is 3.24. The maximum absolute atomic E-state index is 12.3. The van der Waals surface area contributed by atoms with Gasteiger partial charge in [-0.05, 0) is 30.7 Å². The van der Waals surface area contributed by atoms with Crippen molar-refractivity contribution in [2.24, 2.45) is 0 Å². The van der Waals surface area contributed by atoms with Crippen molar-refractivity contribution in [3.8, 4) is 0 Å². The van der Waals surface area contributed by atoms with Crippen molar-refractivity contribution in [3.63, 3.8) is 0 Å². The summed E-state index contributed by atoms with van der Waals surface area (Å²) >= 11 is 3.26. The molecule has 1 aromatic rings. The third kappa shape index (κ3) is 6.06. The lowest BCUT2D eigenvalue weighted by Gasteiger charge is -2.17. The van der Waals surface area contributed by atoms with Crippen LogP contribution in [0.5, 0.6) is 0 Å². The number of carbonyl (C=O) groups is 1. The smallest absolute Gasteiger partial charge is 0.243 e. The second-order valence-electron chi connectivity index (χ2n) is 5.13. The molecule has 7 heteroatoms. The average molecular weight is 391 g/mol. The lowest BCUT2D eigenvalue weighted by molar-refractivity contribution is -0.121. The molecule has 0 aliphatic heterocycles. The van der Waals surface area contributed by atoms with Crippen LogP contribution in [0, 0.1) is 0 Å². The Balaban J connectivity index is 2.51. The van der Waals surface area contributed by atoms with Gasteiger partial charge in [0.15, 0.2) is 0 Å². The highest BCUT2D eigenvalue weighted by Crippen LogP contribution is 2.17. The summed E-state index contributed by atoms with van der Waals surface area (Å²) in [4.78, 5) is 12.0. The fourth-order valence-corrected chi connectivity index (χ4v) is 3.30. The van der Waals surface area contributed by atoms with Crippen molar-refractivity contribution in [3.05, 3.63) is 28.7 Å². The first kappa shape index (κ1) is 19.1. The molecule has 124 valence electrons. The Hall–Kier alpha value is -0.920. The Morgan fingerprint density at radius 3 is 2.41 bits per heavy atom. The Kier molecular flexibility index (Phi) is 8.06. The van der Waals surface area contributed by atoms with Crippen LogP contribution in [-0.2, 0) is 14.8 Å². The fourth-order valence-electron chi connectivity index (χ4n) is 1.91. The number of rotatable bonds is 9. The van der Waals surface area contributed by atoms with Crippen molar-refractivity contribution in [1.82, 2.24) is 9.62 Å². The number of hydrogen-bond donors (Lipinski definition) is 1. The van der Waals surface area contributed by atoms with Crippen LogP contribution in [0.3, 0.4) is 0 Å². The van der Waals surface area contributed by atoms with Crippen LogP contribution in [0.15, 0.2) is 33.6 Å². The molecule has 0 saturated heterocycles. The zero-order chi connectivity index (χ0) is 16.6. The topological polar surface area (TPSA) is 66.5 Å². The average Bonchev–Trinajstić information content (AvgIpc) is 2.47. The van der Waals surface area contributed by atoms with Gasteiger partial charge in [0.25, 0.3) is 0 Å². The number of benzene rings is 1. The summed E-state index contributed by atoms with van der Waals surface area (Å²) < 4.78 is 26.5. The second-order valence-corrected chi connectivity index (χ2v) is 8.09. The highest BCUT2D eigenvalue weighted by Gasteiger charge is 2.22. The van der Waals surface area contributed by atoms with Crippen molar-refractivity contribution in [2.45, 2.75) is 37.5 Å². The lowest BCUT2D eigenvalue weighted by Crippen LogP contribution is -2.38. The number of hydrogen-bond acceptors (Lipinski definition) is 3. The minimum Gasteiger partial charge on any atom is -0.355 e. The van der Waals surface area contributed by atoms with Gasteiger partial charge in [0.05, 0.1) is 11.4 Å². The van der Waals surface area contributed by atoms with Gasteiger partial charge in [0.1, 0.15) is 0 Å². The molecular weight excluding hydrogens is 368 g/mol. The SMILES string of the molecule is CCCCCCNC(=O)CN(C)S(=O)(=O)c1ccc(Br)cc1. The first-order valence-corrected chi connectivity index (χ1v) is 9.60. The van der Waals surface area contributed by atoms with E-state index in [9.17, 15) is 13.2 Å². The summed E-state index contributed by atoms with van der Waals surface area (Å²) in [6.07, 6.45) is 4.28. The molecule has 1 amide bonds. The number of sulfonamides is 1. The Morgan fingerprint density at radius 2 is 1.82 bits per heavy atom. The van der Waals surface area contributed by atoms with Crippen LogP contribution in [0.1, 0.15) is 32.6 Å². The fraction of sp³-hybridized carbons (Fsp3) is 0.533. The van der Waals surface area contributed by atoms with E-state index in [0.29, 0.717) is 6.54 Å². The van der Waals surface area contributed by atoms with Gasteiger partial charge in [0, 0.05) is 18.1 Å². The third-order valence-corrected chi connectivity index (χ3v) is 5.59. The molecule has 0 unspecified atom stereocenters. The number of likely N-dealkylation sites (N-methyl/N-ethyl adjacent to an activating group) is 1. The molecule has 0 heterocycles. The Bertz CT molecular complexity index is 573. The molecule has 0 spiro atoms. The maximum atomic E-state index is 12.3. The number of nitrogens with one attached hydrogen (secondary N) is 1. The van der Waals surface area contributed by atoms with E-state index < -0.39 is 10.0 Å². The predicted octanol–water partition coefficient (Wildman–Crippen LogP) is 2.77. The number of carbonyl (C=O) groups excluding carboxylic acids is 1. The molecule has 0 aliphatic carbocycles. The van der Waals surface area contributed by atoms with E-state index >= 15 is 0 Å². The van der Waals surface area contributed by atoms with Gasteiger partial charge < -0.3 is 5.32 Å². The standard InChI is InChI=1S/C15H23BrN2O3S/c1-3-4-5-6-11-17-15(19)12-18(2)22(20,21)14-9-7-13(16)8-10-14/h7-10H,3-6,11-12H2,1-2H3,(H,17,19). The summed E-state index contributed by atoms with van der Waals surface area (Å²) in [5, 5.41) is 2.75. The van der Waals surface area contributed by atoms with E-state index in [4.69, 9.17) is 0 Å². The summed E-state index contributed by atoms with van der Waals surface area (Å²) in [5.41, 5.74) is 0. The zero-order valence-corrected chi connectivity index (χ0v) is 15.4. The van der Waals surface area contributed by atoms with Gasteiger partial charge in [-0.1, -0.05) is 42.1 Å². The van der Waals surface area contributed by atoms with E-state index in [1.54, 1.807) is 12.1 Å². The van der Waals surface area contributed by atoms with Crippen LogP contribution >= 0.6 is 15.9 Å². The van der Waals surface area contributed by atoms with Gasteiger partial charge >= 0.3 is 0 Å². The van der Waals surface area contributed by atoms with E-state index in [-0.39, 0.29) is 17.3 Å². The van der Waals surface area contributed by atoms with Gasteiger partial charge in [-0.2, -0.15) is 4.31 Å². The number of amides is 1. The van der Waals surface area contributed by atoms with Crippen LogP contribution in [0.4, 0.5) is 0 Å². The number of halogens is 1. The van der Waals surface area contributed by atoms with Crippen LogP contribution < -0.4 is 5.32 Å². The monoisotopic (exact) mass is 390 g/mol. The quantitative estimate of drug-likeness (QED) is 0.659. The van der Waals surface area contributed by atoms with E-state index in [2.05, 4.69) is 28.2 Å². The van der Waals surface area contributed by atoms with Crippen LogP contribution in [0.25, 0.3) is 0 Å². The van der Waals surface area contributed by atoms with Crippen molar-refractivity contribution >= 4 is 31.9 Å². The number of unbranched alkanes of at least 4 members (excludes halogenated alkanes) is 3. The second kappa shape index (κ2) is 9.27. The highest BCUT2D eigenvalue weighted by molar-refractivity contribution is 9.10. The lowest BCUT2D eigenvalue weighted by atomic mass is 10.2. The normalized spacial score (nSPS) is 11.6. The molecule has 0 radical (unpaired) electrons. The Labute approximate surface area is 141 Å².